The first-order valence-electron chi connectivity index (χ1n) is 8.66. The summed E-state index contributed by atoms with van der Waals surface area (Å²) in [5.41, 5.74) is 1.24. The third kappa shape index (κ3) is 3.39. The van der Waals surface area contributed by atoms with Gasteiger partial charge in [0, 0.05) is 5.57 Å². The molecule has 0 bridgehead atoms. The van der Waals surface area contributed by atoms with Crippen molar-refractivity contribution in [2.45, 2.75) is 6.04 Å². The second-order valence-corrected chi connectivity index (χ2v) is 6.71. The van der Waals surface area contributed by atoms with E-state index in [2.05, 4.69) is 0 Å². The number of amides is 1. The van der Waals surface area contributed by atoms with Crippen LogP contribution in [-0.2, 0) is 9.59 Å². The van der Waals surface area contributed by atoms with Crippen molar-refractivity contribution in [1.29, 1.82) is 0 Å². The number of hydrogen-bond acceptors (Lipinski definition) is 3. The first-order valence-corrected chi connectivity index (χ1v) is 8.66. The normalized spacial score (nSPS) is 19.3. The topological polar surface area (TPSA) is 64.9 Å². The zero-order valence-corrected chi connectivity index (χ0v) is 14.9. The summed E-state index contributed by atoms with van der Waals surface area (Å²) >= 11 is 0. The molecule has 2 aromatic carbocycles. The highest BCUT2D eigenvalue weighted by Gasteiger charge is 2.44. The van der Waals surface area contributed by atoms with E-state index in [1.165, 1.54) is 9.80 Å². The first-order chi connectivity index (χ1) is 12.5. The van der Waals surface area contributed by atoms with Crippen LogP contribution in [0.5, 0.6) is 0 Å². The first kappa shape index (κ1) is 17.9. The molecule has 0 spiro atoms. The van der Waals surface area contributed by atoms with Crippen LogP contribution in [-0.4, -0.2) is 43.8 Å². The minimum absolute atomic E-state index is 0.0427. The highest BCUT2D eigenvalue weighted by Crippen LogP contribution is 2.38. The summed E-state index contributed by atoms with van der Waals surface area (Å²) in [4.78, 5) is 28.0. The molecule has 3 rings (SSSR count). The van der Waals surface area contributed by atoms with Gasteiger partial charge >= 0.3 is 0 Å². The largest absolute Gasteiger partial charge is 0.872 e. The number of nitrogens with zero attached hydrogens (tertiary/aromatic N) is 1. The molecule has 26 heavy (non-hydrogen) atoms. The van der Waals surface area contributed by atoms with Gasteiger partial charge in [-0.3, -0.25) is 9.59 Å². The number of nitrogens with one attached hydrogen (secondary N) is 1. The summed E-state index contributed by atoms with van der Waals surface area (Å²) in [5, 5.41) is 13.0. The number of likely N-dealkylation sites (N-methyl/N-ethyl adjacent to an activating group) is 1. The van der Waals surface area contributed by atoms with Crippen molar-refractivity contribution >= 4 is 17.4 Å². The van der Waals surface area contributed by atoms with Gasteiger partial charge in [-0.25, -0.2) is 0 Å². The molecule has 0 saturated carbocycles. The molecule has 0 aliphatic carbocycles. The van der Waals surface area contributed by atoms with Crippen molar-refractivity contribution in [1.82, 2.24) is 4.90 Å². The molecule has 2 aromatic rings. The van der Waals surface area contributed by atoms with Crippen LogP contribution in [0, 0.1) is 0 Å². The van der Waals surface area contributed by atoms with E-state index in [-0.39, 0.29) is 11.3 Å². The van der Waals surface area contributed by atoms with Crippen LogP contribution in [0.2, 0.25) is 0 Å². The molecule has 1 heterocycles. The number of benzene rings is 2. The number of hydrogen-bond donors (Lipinski definition) is 1. The molecule has 5 nitrogen and oxygen atoms in total. The second-order valence-electron chi connectivity index (χ2n) is 6.71. The van der Waals surface area contributed by atoms with Gasteiger partial charge in [0.2, 0.25) is 5.78 Å². The number of likely N-dealkylation sites (tertiary alicyclic amines) is 1. The monoisotopic (exact) mass is 350 g/mol. The number of carbonyl (C=O) groups is 2. The van der Waals surface area contributed by atoms with E-state index in [0.29, 0.717) is 18.7 Å². The number of quaternary nitrogens is 1. The Balaban J connectivity index is 2.12. The molecular weight excluding hydrogens is 328 g/mol. The zero-order valence-electron chi connectivity index (χ0n) is 14.9. The van der Waals surface area contributed by atoms with Crippen LogP contribution in [0.25, 0.3) is 5.76 Å². The Morgan fingerprint density at radius 3 is 2.15 bits per heavy atom. The molecule has 1 fully saturated rings. The molecule has 1 unspecified atom stereocenters. The van der Waals surface area contributed by atoms with Crippen LogP contribution in [0.1, 0.15) is 17.2 Å². The van der Waals surface area contributed by atoms with Gasteiger partial charge in [-0.15, -0.1) is 0 Å². The number of carbonyl (C=O) groups excluding carboxylic acids is 2. The molecule has 1 amide bonds. The van der Waals surface area contributed by atoms with E-state index in [4.69, 9.17) is 0 Å². The maximum absolute atomic E-state index is 13.0. The number of ketones is 1. The lowest BCUT2D eigenvalue weighted by Crippen LogP contribution is -3.06. The average Bonchev–Trinajstić information content (AvgIpc) is 2.91. The van der Waals surface area contributed by atoms with Gasteiger partial charge in [-0.1, -0.05) is 66.4 Å². The van der Waals surface area contributed by atoms with Crippen molar-refractivity contribution in [3.63, 3.8) is 0 Å². The quantitative estimate of drug-likeness (QED) is 0.471. The second kappa shape index (κ2) is 7.54. The number of rotatable bonds is 5. The lowest BCUT2D eigenvalue weighted by molar-refractivity contribution is -0.857. The molecule has 1 saturated heterocycles. The summed E-state index contributed by atoms with van der Waals surface area (Å²) in [6, 6.07) is 17.3. The molecule has 0 radical (unpaired) electrons. The number of Topliss-reactive ketones (excluding diaryl/α,β-unsaturated/α-hetero) is 1. The van der Waals surface area contributed by atoms with E-state index in [9.17, 15) is 14.7 Å². The van der Waals surface area contributed by atoms with E-state index in [0.717, 1.165) is 5.56 Å². The van der Waals surface area contributed by atoms with Gasteiger partial charge in [0.15, 0.2) is 0 Å². The van der Waals surface area contributed by atoms with Crippen molar-refractivity contribution in [3.05, 3.63) is 77.4 Å². The van der Waals surface area contributed by atoms with Crippen molar-refractivity contribution in [2.75, 3.05) is 27.2 Å². The van der Waals surface area contributed by atoms with Crippen LogP contribution in [0.4, 0.5) is 0 Å². The maximum atomic E-state index is 13.0. The summed E-state index contributed by atoms with van der Waals surface area (Å²) in [6.45, 7) is 1.10. The Morgan fingerprint density at radius 1 is 1.00 bits per heavy atom. The Bertz CT molecular complexity index is 829. The summed E-state index contributed by atoms with van der Waals surface area (Å²) in [5.74, 6) is -1.67. The molecule has 1 atom stereocenters. The van der Waals surface area contributed by atoms with Gasteiger partial charge in [0.1, 0.15) is 0 Å². The molecule has 134 valence electrons. The molecule has 1 aliphatic rings. The fraction of sp³-hybridized carbons (Fsp3) is 0.238. The van der Waals surface area contributed by atoms with Gasteiger partial charge in [0.05, 0.1) is 33.2 Å². The fourth-order valence-corrected chi connectivity index (χ4v) is 3.17. The molecule has 1 aliphatic heterocycles. The third-order valence-corrected chi connectivity index (χ3v) is 4.53. The van der Waals surface area contributed by atoms with E-state index in [1.54, 1.807) is 24.3 Å². The lowest BCUT2D eigenvalue weighted by atomic mass is 9.95. The summed E-state index contributed by atoms with van der Waals surface area (Å²) < 4.78 is 0. The minimum atomic E-state index is -0.693. The SMILES string of the molecule is C[NH+](C)CCN1C(=O)C(=O)/C(=C(/[O-])c2ccccc2)C1c1ccccc1. The maximum Gasteiger partial charge on any atom is 0.295 e. The molecule has 5 heteroatoms. The van der Waals surface area contributed by atoms with E-state index in [1.807, 2.05) is 50.5 Å². The fourth-order valence-electron chi connectivity index (χ4n) is 3.17. The van der Waals surface area contributed by atoms with Crippen LogP contribution in [0.15, 0.2) is 66.2 Å². The van der Waals surface area contributed by atoms with Gasteiger partial charge in [0.25, 0.3) is 5.91 Å². The molecular formula is C21H22N2O3. The Morgan fingerprint density at radius 2 is 1.58 bits per heavy atom. The highest BCUT2D eigenvalue weighted by atomic mass is 16.3. The minimum Gasteiger partial charge on any atom is -0.872 e. The van der Waals surface area contributed by atoms with Gasteiger partial charge in [-0.05, 0) is 11.1 Å². The van der Waals surface area contributed by atoms with Crippen molar-refractivity contribution in [2.24, 2.45) is 0 Å². The zero-order chi connectivity index (χ0) is 18.7. The van der Waals surface area contributed by atoms with E-state index >= 15 is 0 Å². The van der Waals surface area contributed by atoms with Crippen LogP contribution < -0.4 is 10.0 Å². The summed E-state index contributed by atoms with van der Waals surface area (Å²) in [7, 11) is 3.97. The summed E-state index contributed by atoms with van der Waals surface area (Å²) in [6.07, 6.45) is 0. The standard InChI is InChI=1S/C21H22N2O3/c1-22(2)13-14-23-18(15-9-5-3-6-10-15)17(20(25)21(23)26)19(24)16-11-7-4-8-12-16/h3-12,18,24H,13-14H2,1-2H3/b19-17+. The Hall–Kier alpha value is -2.92. The van der Waals surface area contributed by atoms with Crippen molar-refractivity contribution < 1.29 is 19.6 Å². The lowest BCUT2D eigenvalue weighted by Gasteiger charge is -2.27. The van der Waals surface area contributed by atoms with Crippen LogP contribution in [0.3, 0.4) is 0 Å². The Kier molecular flexibility index (Phi) is 5.19. The van der Waals surface area contributed by atoms with E-state index < -0.39 is 17.7 Å². The third-order valence-electron chi connectivity index (χ3n) is 4.53. The van der Waals surface area contributed by atoms with Crippen molar-refractivity contribution in [3.8, 4) is 0 Å². The van der Waals surface area contributed by atoms with Gasteiger partial charge in [-0.2, -0.15) is 0 Å². The highest BCUT2D eigenvalue weighted by molar-refractivity contribution is 6.46. The van der Waals surface area contributed by atoms with Crippen LogP contribution >= 0.6 is 0 Å². The predicted molar refractivity (Wildman–Crippen MR) is 96.9 cm³/mol. The molecule has 0 aromatic heterocycles. The predicted octanol–water partition coefficient (Wildman–Crippen LogP) is 0.0551. The Labute approximate surface area is 153 Å². The average molecular weight is 350 g/mol. The smallest absolute Gasteiger partial charge is 0.295 e. The van der Waals surface area contributed by atoms with Gasteiger partial charge < -0.3 is 14.9 Å². The molecule has 1 N–H and O–H groups in total.